The maximum atomic E-state index is 13.4. The summed E-state index contributed by atoms with van der Waals surface area (Å²) in [4.78, 5) is 53.8. The zero-order valence-electron chi connectivity index (χ0n) is 22.0. The number of Topliss-reactive ketones (excluding diaryl/α,β-unsaturated/α-hetero) is 1. The third kappa shape index (κ3) is 7.63. The van der Waals surface area contributed by atoms with E-state index in [4.69, 9.17) is 9.47 Å². The first kappa shape index (κ1) is 27.8. The number of ether oxygens (including phenoxy) is 2. The Morgan fingerprint density at radius 1 is 0.846 bits per heavy atom. The molecule has 0 N–H and O–H groups in total. The van der Waals surface area contributed by atoms with Gasteiger partial charge in [0.25, 0.3) is 0 Å². The van der Waals surface area contributed by atoms with Gasteiger partial charge in [0.2, 0.25) is 5.91 Å². The Morgan fingerprint density at radius 2 is 1.44 bits per heavy atom. The highest BCUT2D eigenvalue weighted by Gasteiger charge is 2.38. The van der Waals surface area contributed by atoms with E-state index in [1.54, 1.807) is 37.3 Å². The second kappa shape index (κ2) is 13.5. The monoisotopic (exact) mass is 527 g/mol. The van der Waals surface area contributed by atoms with Crippen LogP contribution in [0.15, 0.2) is 91.0 Å². The highest BCUT2D eigenvalue weighted by Crippen LogP contribution is 2.24. The van der Waals surface area contributed by atoms with E-state index < -0.39 is 30.0 Å². The van der Waals surface area contributed by atoms with Crippen LogP contribution in [0.2, 0.25) is 0 Å². The van der Waals surface area contributed by atoms with Gasteiger partial charge in [-0.2, -0.15) is 0 Å². The fourth-order valence-corrected chi connectivity index (χ4v) is 4.72. The Hall–Kier alpha value is -4.26. The molecule has 7 nitrogen and oxygen atoms in total. The molecule has 39 heavy (non-hydrogen) atoms. The van der Waals surface area contributed by atoms with Crippen molar-refractivity contribution in [1.82, 2.24) is 4.90 Å². The number of rotatable bonds is 11. The highest BCUT2D eigenvalue weighted by molar-refractivity contribution is 5.95. The minimum atomic E-state index is -1.04. The molecule has 0 spiro atoms. The molecule has 202 valence electrons. The van der Waals surface area contributed by atoms with Crippen molar-refractivity contribution >= 4 is 23.6 Å². The maximum Gasteiger partial charge on any atom is 0.338 e. The van der Waals surface area contributed by atoms with Crippen LogP contribution in [0.25, 0.3) is 0 Å². The number of ketones is 1. The Bertz CT molecular complexity index is 1260. The van der Waals surface area contributed by atoms with Crippen LogP contribution < -0.4 is 0 Å². The molecule has 7 heteroatoms. The molecule has 3 atom stereocenters. The Labute approximate surface area is 228 Å². The average Bonchev–Trinajstić information content (AvgIpc) is 3.47. The average molecular weight is 528 g/mol. The summed E-state index contributed by atoms with van der Waals surface area (Å²) in [5.74, 6) is -2.35. The number of benzene rings is 3. The second-order valence-electron chi connectivity index (χ2n) is 9.80. The summed E-state index contributed by atoms with van der Waals surface area (Å²) in [6.45, 7) is 2.24. The van der Waals surface area contributed by atoms with Gasteiger partial charge < -0.3 is 14.4 Å². The predicted octanol–water partition coefficient (Wildman–Crippen LogP) is 4.78. The Kier molecular flexibility index (Phi) is 9.62. The number of nitrogens with zero attached hydrogens (tertiary/aromatic N) is 1. The number of esters is 2. The van der Waals surface area contributed by atoms with Crippen LogP contribution in [0.4, 0.5) is 0 Å². The number of amides is 1. The lowest BCUT2D eigenvalue weighted by Gasteiger charge is -2.27. The van der Waals surface area contributed by atoms with Gasteiger partial charge in [-0.05, 0) is 36.1 Å². The predicted molar refractivity (Wildman–Crippen MR) is 146 cm³/mol. The van der Waals surface area contributed by atoms with E-state index in [1.807, 2.05) is 60.7 Å². The minimum Gasteiger partial charge on any atom is -0.459 e. The van der Waals surface area contributed by atoms with E-state index in [2.05, 4.69) is 0 Å². The third-order valence-corrected chi connectivity index (χ3v) is 6.84. The van der Waals surface area contributed by atoms with E-state index in [-0.39, 0.29) is 31.1 Å². The van der Waals surface area contributed by atoms with Gasteiger partial charge in [-0.25, -0.2) is 9.59 Å². The summed E-state index contributed by atoms with van der Waals surface area (Å²) in [6.07, 6.45) is 0.257. The van der Waals surface area contributed by atoms with Crippen LogP contribution in [0.5, 0.6) is 0 Å². The number of likely N-dealkylation sites (tertiary alicyclic amines) is 1. The number of carbonyl (C=O) groups excluding carboxylic acids is 4. The molecule has 1 aliphatic heterocycles. The molecule has 3 aromatic rings. The van der Waals surface area contributed by atoms with E-state index >= 15 is 0 Å². The van der Waals surface area contributed by atoms with Crippen LogP contribution in [0, 0.1) is 5.92 Å². The SMILES string of the molecule is C[C@H](CC(=O)[C@H](Cc1ccccc1)OC(=O)c1ccccc1)C(=O)N1CCC[C@H]1C(=O)OCc1ccccc1. The molecule has 3 aromatic carbocycles. The first-order valence-corrected chi connectivity index (χ1v) is 13.3. The van der Waals surface area contributed by atoms with Crippen LogP contribution >= 0.6 is 0 Å². The van der Waals surface area contributed by atoms with Gasteiger partial charge in [0.1, 0.15) is 12.6 Å². The van der Waals surface area contributed by atoms with Gasteiger partial charge in [-0.1, -0.05) is 85.8 Å². The zero-order valence-corrected chi connectivity index (χ0v) is 22.0. The molecule has 0 aliphatic carbocycles. The number of hydrogen-bond donors (Lipinski definition) is 0. The van der Waals surface area contributed by atoms with Gasteiger partial charge in [-0.3, -0.25) is 9.59 Å². The van der Waals surface area contributed by atoms with Gasteiger partial charge in [0.15, 0.2) is 11.9 Å². The van der Waals surface area contributed by atoms with Gasteiger partial charge in [-0.15, -0.1) is 0 Å². The molecule has 1 amide bonds. The first-order valence-electron chi connectivity index (χ1n) is 13.3. The number of carbonyl (C=O) groups is 4. The van der Waals surface area contributed by atoms with Crippen LogP contribution in [-0.4, -0.2) is 47.2 Å². The second-order valence-corrected chi connectivity index (χ2v) is 9.80. The van der Waals surface area contributed by atoms with Crippen LogP contribution in [-0.2, 0) is 36.9 Å². The molecule has 0 bridgehead atoms. The fourth-order valence-electron chi connectivity index (χ4n) is 4.72. The molecule has 0 saturated carbocycles. The first-order chi connectivity index (χ1) is 18.9. The molecule has 4 rings (SSSR count). The summed E-state index contributed by atoms with van der Waals surface area (Å²) < 4.78 is 11.1. The number of hydrogen-bond acceptors (Lipinski definition) is 6. The quantitative estimate of drug-likeness (QED) is 0.333. The molecule has 1 saturated heterocycles. The topological polar surface area (TPSA) is 90.0 Å². The van der Waals surface area contributed by atoms with Crippen molar-refractivity contribution in [2.45, 2.75) is 51.4 Å². The molecule has 0 aromatic heterocycles. The summed E-state index contributed by atoms with van der Waals surface area (Å²) >= 11 is 0. The van der Waals surface area contributed by atoms with Crippen molar-refractivity contribution < 1.29 is 28.7 Å². The molecular weight excluding hydrogens is 494 g/mol. The highest BCUT2D eigenvalue weighted by atomic mass is 16.5. The molecule has 1 heterocycles. The van der Waals surface area contributed by atoms with Crippen LogP contribution in [0.1, 0.15) is 47.7 Å². The van der Waals surface area contributed by atoms with Crippen molar-refractivity contribution in [3.8, 4) is 0 Å². The zero-order chi connectivity index (χ0) is 27.6. The molecule has 1 fully saturated rings. The third-order valence-electron chi connectivity index (χ3n) is 6.84. The fraction of sp³-hybridized carbons (Fsp3) is 0.312. The van der Waals surface area contributed by atoms with E-state index in [0.717, 1.165) is 11.1 Å². The van der Waals surface area contributed by atoms with E-state index in [1.165, 1.54) is 4.90 Å². The molecular formula is C32H33NO6. The standard InChI is InChI=1S/C32H33NO6/c1-23(30(35)33-19-11-18-27(33)32(37)38-22-25-14-7-3-8-15-25)20-28(34)29(21-24-12-5-2-6-13-24)39-31(36)26-16-9-4-10-17-26/h2-10,12-17,23,27,29H,11,18-22H2,1H3/t23-,27+,29+/m1/s1. The van der Waals surface area contributed by atoms with Crippen molar-refractivity contribution in [3.05, 3.63) is 108 Å². The van der Waals surface area contributed by atoms with Gasteiger partial charge in [0.05, 0.1) is 5.56 Å². The maximum absolute atomic E-state index is 13.4. The van der Waals surface area contributed by atoms with Gasteiger partial charge >= 0.3 is 11.9 Å². The lowest BCUT2D eigenvalue weighted by atomic mass is 9.96. The summed E-state index contributed by atoms with van der Waals surface area (Å²) in [6, 6.07) is 26.5. The minimum absolute atomic E-state index is 0.110. The summed E-state index contributed by atoms with van der Waals surface area (Å²) in [5.41, 5.74) is 2.06. The Balaban J connectivity index is 1.39. The molecule has 0 unspecified atom stereocenters. The van der Waals surface area contributed by atoms with Crippen molar-refractivity contribution in [3.63, 3.8) is 0 Å². The summed E-state index contributed by atoms with van der Waals surface area (Å²) in [5, 5.41) is 0. The van der Waals surface area contributed by atoms with E-state index in [9.17, 15) is 19.2 Å². The van der Waals surface area contributed by atoms with Crippen molar-refractivity contribution in [1.29, 1.82) is 0 Å². The lowest BCUT2D eigenvalue weighted by molar-refractivity contribution is -0.155. The largest absolute Gasteiger partial charge is 0.459 e. The van der Waals surface area contributed by atoms with Crippen LogP contribution in [0.3, 0.4) is 0 Å². The Morgan fingerprint density at radius 3 is 2.08 bits per heavy atom. The van der Waals surface area contributed by atoms with Gasteiger partial charge in [0, 0.05) is 25.3 Å². The normalized spacial score (nSPS) is 16.2. The lowest BCUT2D eigenvalue weighted by Crippen LogP contribution is -2.44. The molecule has 1 aliphatic rings. The van der Waals surface area contributed by atoms with Crippen molar-refractivity contribution in [2.75, 3.05) is 6.54 Å². The molecule has 0 radical (unpaired) electrons. The summed E-state index contributed by atoms with van der Waals surface area (Å²) in [7, 11) is 0. The van der Waals surface area contributed by atoms with Crippen molar-refractivity contribution in [2.24, 2.45) is 5.92 Å². The smallest absolute Gasteiger partial charge is 0.338 e. The van der Waals surface area contributed by atoms with E-state index in [0.29, 0.717) is 24.9 Å².